The molecule has 1 saturated heterocycles. The normalized spacial score (nSPS) is 35.4. The number of alkyl halides is 10. The lowest BCUT2D eigenvalue weighted by atomic mass is 9.71. The van der Waals surface area contributed by atoms with Gasteiger partial charge in [0.15, 0.2) is 0 Å². The number of esters is 1. The lowest BCUT2D eigenvalue weighted by Gasteiger charge is -2.58. The van der Waals surface area contributed by atoms with Gasteiger partial charge < -0.3 is 14.6 Å². The van der Waals surface area contributed by atoms with Gasteiger partial charge >= 0.3 is 30.2 Å². The van der Waals surface area contributed by atoms with Gasteiger partial charge in [0.25, 0.3) is 0 Å². The highest BCUT2D eigenvalue weighted by molar-refractivity contribution is 5.89. The average Bonchev–Trinajstić information content (AvgIpc) is 2.47. The Kier molecular flexibility index (Phi) is 5.43. The molecular formula is C14H14F10O4. The van der Waals surface area contributed by atoms with Gasteiger partial charge in [-0.25, -0.2) is 4.79 Å². The summed E-state index contributed by atoms with van der Waals surface area (Å²) < 4.78 is 144. The Morgan fingerprint density at radius 2 is 1.46 bits per heavy atom. The summed E-state index contributed by atoms with van der Waals surface area (Å²) in [4.78, 5) is 11.5. The number of carbonyl (C=O) groups is 1. The van der Waals surface area contributed by atoms with Crippen molar-refractivity contribution in [1.82, 2.24) is 0 Å². The third-order valence-electron chi connectivity index (χ3n) is 4.50. The molecule has 0 bridgehead atoms. The molecule has 0 aromatic heterocycles. The van der Waals surface area contributed by atoms with E-state index in [2.05, 4.69) is 16.1 Å². The Bertz CT molecular complexity index is 666. The van der Waals surface area contributed by atoms with Crippen molar-refractivity contribution in [2.45, 2.75) is 68.4 Å². The van der Waals surface area contributed by atoms with Crippen LogP contribution in [0, 0.1) is 0 Å². The second-order valence-electron chi connectivity index (χ2n) is 6.31. The summed E-state index contributed by atoms with van der Waals surface area (Å²) in [5.41, 5.74) is -12.3. The second-order valence-corrected chi connectivity index (χ2v) is 6.31. The van der Waals surface area contributed by atoms with Crippen molar-refractivity contribution in [3.8, 4) is 0 Å². The summed E-state index contributed by atoms with van der Waals surface area (Å²) in [5.74, 6) is -18.5. The minimum Gasteiger partial charge on any atom is -0.442 e. The number of halogens is 10. The van der Waals surface area contributed by atoms with E-state index in [9.17, 15) is 53.8 Å². The fraction of sp³-hybridized carbons (Fsp3) is 0.786. The van der Waals surface area contributed by atoms with E-state index in [1.165, 1.54) is 0 Å². The fourth-order valence-corrected chi connectivity index (χ4v) is 2.71. The van der Waals surface area contributed by atoms with Crippen LogP contribution in [0.3, 0.4) is 0 Å². The molecule has 1 heterocycles. The van der Waals surface area contributed by atoms with E-state index in [-0.39, 0.29) is 6.92 Å². The molecular weight excluding hydrogens is 422 g/mol. The van der Waals surface area contributed by atoms with E-state index in [1.807, 2.05) is 0 Å². The molecule has 28 heavy (non-hydrogen) atoms. The molecule has 0 aromatic carbocycles. The zero-order valence-corrected chi connectivity index (χ0v) is 14.4. The largest absolute Gasteiger partial charge is 0.442 e. The molecule has 3 unspecified atom stereocenters. The van der Waals surface area contributed by atoms with Gasteiger partial charge in [0, 0.05) is 0 Å². The van der Waals surface area contributed by atoms with Gasteiger partial charge in [0.1, 0.15) is 5.57 Å². The maximum atomic E-state index is 14.8. The Labute approximate surface area is 151 Å². The van der Waals surface area contributed by atoms with Crippen LogP contribution in [0.25, 0.3) is 0 Å². The van der Waals surface area contributed by atoms with Crippen molar-refractivity contribution < 1.29 is 63.3 Å². The lowest BCUT2D eigenvalue weighted by Crippen LogP contribution is -2.84. The van der Waals surface area contributed by atoms with Crippen LogP contribution in [0.2, 0.25) is 0 Å². The standard InChI is InChI=1S/C14H14F10O4/c1-5-10(14(22,23)24)13(20,21)8(3,12(18,19)9(4,26)28-10)27-7(25)6(2)11(15,16)17/h26H,2,5H2,1,3-4H3. The number of hydrogen-bond donors (Lipinski definition) is 1. The van der Waals surface area contributed by atoms with Crippen molar-refractivity contribution in [2.24, 2.45) is 0 Å². The first-order chi connectivity index (χ1) is 12.1. The summed E-state index contributed by atoms with van der Waals surface area (Å²) in [6.45, 7) is 2.05. The van der Waals surface area contributed by atoms with Gasteiger partial charge in [-0.05, 0) is 20.3 Å². The van der Waals surface area contributed by atoms with Crippen molar-refractivity contribution in [3.05, 3.63) is 12.2 Å². The minimum absolute atomic E-state index is 0.122. The maximum absolute atomic E-state index is 14.8. The van der Waals surface area contributed by atoms with Crippen molar-refractivity contribution >= 4 is 5.97 Å². The van der Waals surface area contributed by atoms with Gasteiger partial charge in [0.05, 0.1) is 0 Å². The number of carbonyl (C=O) groups excluding carboxylic acids is 1. The number of ether oxygens (including phenoxy) is 2. The van der Waals surface area contributed by atoms with Gasteiger partial charge in [-0.3, -0.25) is 0 Å². The quantitative estimate of drug-likeness (QED) is 0.411. The second kappa shape index (κ2) is 6.21. The van der Waals surface area contributed by atoms with Crippen LogP contribution in [0.4, 0.5) is 43.9 Å². The Morgan fingerprint density at radius 1 is 1.04 bits per heavy atom. The molecule has 14 heteroatoms. The zero-order chi connectivity index (χ0) is 22.8. The third-order valence-corrected chi connectivity index (χ3v) is 4.50. The highest BCUT2D eigenvalue weighted by Crippen LogP contribution is 2.64. The number of aliphatic hydroxyl groups is 1. The molecule has 164 valence electrons. The summed E-state index contributed by atoms with van der Waals surface area (Å²) in [6.07, 6.45) is -13.5. The predicted molar refractivity (Wildman–Crippen MR) is 70.4 cm³/mol. The Balaban J connectivity index is 3.76. The summed E-state index contributed by atoms with van der Waals surface area (Å²) in [6, 6.07) is 0. The monoisotopic (exact) mass is 436 g/mol. The van der Waals surface area contributed by atoms with Crippen LogP contribution in [-0.4, -0.2) is 52.3 Å². The van der Waals surface area contributed by atoms with E-state index < -0.39 is 66.1 Å². The van der Waals surface area contributed by atoms with Crippen LogP contribution in [0.1, 0.15) is 27.2 Å². The first-order valence-corrected chi connectivity index (χ1v) is 7.30. The summed E-state index contributed by atoms with van der Waals surface area (Å²) in [5, 5.41) is 9.67. The topological polar surface area (TPSA) is 55.8 Å². The zero-order valence-electron chi connectivity index (χ0n) is 14.4. The molecule has 0 aromatic rings. The molecule has 0 amide bonds. The molecule has 3 atom stereocenters. The first kappa shape index (κ1) is 24.5. The summed E-state index contributed by atoms with van der Waals surface area (Å²) >= 11 is 0. The molecule has 0 aliphatic carbocycles. The molecule has 1 fully saturated rings. The van der Waals surface area contributed by atoms with Crippen LogP contribution < -0.4 is 0 Å². The van der Waals surface area contributed by atoms with Crippen LogP contribution in [-0.2, 0) is 14.3 Å². The molecule has 0 radical (unpaired) electrons. The molecule has 4 nitrogen and oxygen atoms in total. The highest BCUT2D eigenvalue weighted by atomic mass is 19.4. The van der Waals surface area contributed by atoms with Crippen molar-refractivity contribution in [1.29, 1.82) is 0 Å². The first-order valence-electron chi connectivity index (χ1n) is 7.30. The average molecular weight is 436 g/mol. The number of hydrogen-bond acceptors (Lipinski definition) is 4. The fourth-order valence-electron chi connectivity index (χ4n) is 2.71. The van der Waals surface area contributed by atoms with E-state index >= 15 is 0 Å². The van der Waals surface area contributed by atoms with E-state index in [4.69, 9.17) is 0 Å². The lowest BCUT2D eigenvalue weighted by molar-refractivity contribution is -0.513. The van der Waals surface area contributed by atoms with Crippen molar-refractivity contribution in [3.63, 3.8) is 0 Å². The van der Waals surface area contributed by atoms with Gasteiger partial charge in [-0.2, -0.15) is 43.9 Å². The Morgan fingerprint density at radius 3 is 1.79 bits per heavy atom. The van der Waals surface area contributed by atoms with Crippen LogP contribution in [0.15, 0.2) is 12.2 Å². The van der Waals surface area contributed by atoms with Gasteiger partial charge in [0.2, 0.25) is 17.0 Å². The number of rotatable bonds is 3. The van der Waals surface area contributed by atoms with E-state index in [0.29, 0.717) is 6.92 Å². The molecule has 0 spiro atoms. The van der Waals surface area contributed by atoms with Crippen LogP contribution in [0.5, 0.6) is 0 Å². The highest BCUT2D eigenvalue weighted by Gasteiger charge is 2.90. The van der Waals surface area contributed by atoms with Gasteiger partial charge in [-0.15, -0.1) is 0 Å². The summed E-state index contributed by atoms with van der Waals surface area (Å²) in [7, 11) is 0. The van der Waals surface area contributed by atoms with E-state index in [1.54, 1.807) is 0 Å². The minimum atomic E-state index is -6.11. The Hall–Kier alpha value is -1.57. The molecule has 1 rings (SSSR count). The van der Waals surface area contributed by atoms with E-state index in [0.717, 1.165) is 0 Å². The smallest absolute Gasteiger partial charge is 0.423 e. The van der Waals surface area contributed by atoms with Gasteiger partial charge in [-0.1, -0.05) is 13.5 Å². The molecule has 1 aliphatic rings. The molecule has 0 saturated carbocycles. The predicted octanol–water partition coefficient (Wildman–Crippen LogP) is 4.13. The molecule has 1 N–H and O–H groups in total. The SMILES string of the molecule is C=C(C(=O)OC1(C)C(F)(F)C(C)(O)OC(CC)(C(F)(F)F)C1(F)F)C(F)(F)F. The van der Waals surface area contributed by atoms with Crippen molar-refractivity contribution in [2.75, 3.05) is 0 Å². The van der Waals surface area contributed by atoms with Crippen LogP contribution >= 0.6 is 0 Å². The third kappa shape index (κ3) is 2.95. The maximum Gasteiger partial charge on any atom is 0.423 e. The molecule has 1 aliphatic heterocycles.